The highest BCUT2D eigenvalue weighted by molar-refractivity contribution is 5.67. The second-order valence-corrected chi connectivity index (χ2v) is 7.66. The number of carbonyl (C=O) groups is 1. The lowest BCUT2D eigenvalue weighted by Crippen LogP contribution is -2.17. The van der Waals surface area contributed by atoms with Crippen molar-refractivity contribution in [1.82, 2.24) is 10.8 Å². The van der Waals surface area contributed by atoms with Crippen LogP contribution in [0.25, 0.3) is 16.8 Å². The predicted octanol–water partition coefficient (Wildman–Crippen LogP) is 5.51. The molecule has 0 aliphatic rings. The van der Waals surface area contributed by atoms with Crippen LogP contribution in [0.2, 0.25) is 0 Å². The highest BCUT2D eigenvalue weighted by Gasteiger charge is 2.30. The maximum absolute atomic E-state index is 12.3. The van der Waals surface area contributed by atoms with E-state index in [1.54, 1.807) is 12.1 Å². The first-order valence-electron chi connectivity index (χ1n) is 10.7. The summed E-state index contributed by atoms with van der Waals surface area (Å²) >= 11 is 0. The van der Waals surface area contributed by atoms with Gasteiger partial charge in [-0.25, -0.2) is 0 Å². The Kier molecular flexibility index (Phi) is 8.88. The Morgan fingerprint density at radius 2 is 1.46 bits per heavy atom. The molecule has 0 atom stereocenters. The fraction of sp³-hybridized carbons (Fsp3) is 0.192. The quantitative estimate of drug-likeness (QED) is 0.232. The van der Waals surface area contributed by atoms with Gasteiger partial charge in [0.25, 0.3) is 0 Å². The molecule has 6 nitrogen and oxygen atoms in total. The molecule has 0 aromatic heterocycles. The molecule has 0 unspecified atom stereocenters. The molecule has 0 saturated carbocycles. The van der Waals surface area contributed by atoms with Crippen LogP contribution >= 0.6 is 0 Å². The summed E-state index contributed by atoms with van der Waals surface area (Å²) in [4.78, 5) is 16.1. The van der Waals surface area contributed by atoms with Gasteiger partial charge in [-0.05, 0) is 39.9 Å². The fourth-order valence-corrected chi connectivity index (χ4v) is 3.16. The zero-order valence-electron chi connectivity index (χ0n) is 18.8. The summed E-state index contributed by atoms with van der Waals surface area (Å²) in [6, 6.07) is 20.8. The Morgan fingerprint density at radius 1 is 0.886 bits per heavy atom. The van der Waals surface area contributed by atoms with E-state index < -0.39 is 12.3 Å². The van der Waals surface area contributed by atoms with Crippen LogP contribution in [0, 0.1) is 0 Å². The van der Waals surface area contributed by atoms with E-state index in [1.807, 2.05) is 48.5 Å². The number of nitrogens with one attached hydrogen (secondary N) is 2. The van der Waals surface area contributed by atoms with Crippen molar-refractivity contribution >= 4 is 11.7 Å². The molecule has 0 bridgehead atoms. The molecule has 0 heterocycles. The summed E-state index contributed by atoms with van der Waals surface area (Å²) in [5, 5.41) is 11.7. The summed E-state index contributed by atoms with van der Waals surface area (Å²) in [6.07, 6.45) is -4.64. The lowest BCUT2D eigenvalue weighted by atomic mass is 10.0. The topological polar surface area (TPSA) is 79.8 Å². The van der Waals surface area contributed by atoms with Crippen molar-refractivity contribution in [3.05, 3.63) is 96.1 Å². The number of carboxylic acid groups (broad SMARTS) is 1. The van der Waals surface area contributed by atoms with Gasteiger partial charge in [0.1, 0.15) is 5.75 Å². The number of hydroxylamine groups is 1. The second-order valence-electron chi connectivity index (χ2n) is 7.66. The Labute approximate surface area is 201 Å². The molecule has 0 aliphatic carbocycles. The number of rotatable bonds is 12. The van der Waals surface area contributed by atoms with E-state index in [0.29, 0.717) is 18.8 Å². The SMILES string of the molecule is C=C(NOCc1ccc(-c2ccc(OC(F)(F)F)cc2)cc1)c1ccc(CNCCC(=O)O)cc1. The van der Waals surface area contributed by atoms with Crippen molar-refractivity contribution in [3.8, 4) is 16.9 Å². The summed E-state index contributed by atoms with van der Waals surface area (Å²) in [6.45, 7) is 5.23. The predicted molar refractivity (Wildman–Crippen MR) is 126 cm³/mol. The molecule has 35 heavy (non-hydrogen) atoms. The van der Waals surface area contributed by atoms with Crippen LogP contribution < -0.4 is 15.5 Å². The third kappa shape index (κ3) is 8.80. The van der Waals surface area contributed by atoms with E-state index in [2.05, 4.69) is 22.1 Å². The number of hydrogen-bond donors (Lipinski definition) is 3. The summed E-state index contributed by atoms with van der Waals surface area (Å²) in [5.74, 6) is -1.10. The smallest absolute Gasteiger partial charge is 0.481 e. The van der Waals surface area contributed by atoms with Crippen molar-refractivity contribution in [2.24, 2.45) is 0 Å². The molecule has 3 N–H and O–H groups in total. The highest BCUT2D eigenvalue weighted by atomic mass is 19.4. The average molecular weight is 486 g/mol. The molecule has 184 valence electrons. The summed E-state index contributed by atoms with van der Waals surface area (Å²) in [5.41, 5.74) is 7.80. The van der Waals surface area contributed by atoms with E-state index >= 15 is 0 Å². The number of halogens is 3. The van der Waals surface area contributed by atoms with Gasteiger partial charge in [0.2, 0.25) is 0 Å². The number of hydrogen-bond acceptors (Lipinski definition) is 5. The summed E-state index contributed by atoms with van der Waals surface area (Å²) < 4.78 is 40.7. The van der Waals surface area contributed by atoms with Gasteiger partial charge in [0.05, 0.1) is 18.7 Å². The van der Waals surface area contributed by atoms with E-state index in [0.717, 1.165) is 27.8 Å². The van der Waals surface area contributed by atoms with Crippen LogP contribution in [0.3, 0.4) is 0 Å². The molecule has 0 aliphatic heterocycles. The lowest BCUT2D eigenvalue weighted by Gasteiger charge is -2.12. The zero-order chi connectivity index (χ0) is 25.3. The minimum Gasteiger partial charge on any atom is -0.481 e. The highest BCUT2D eigenvalue weighted by Crippen LogP contribution is 2.26. The molecule has 0 saturated heterocycles. The van der Waals surface area contributed by atoms with Gasteiger partial charge >= 0.3 is 12.3 Å². The van der Waals surface area contributed by atoms with Crippen LogP contribution in [0.15, 0.2) is 79.4 Å². The number of alkyl halides is 3. The monoisotopic (exact) mass is 486 g/mol. The van der Waals surface area contributed by atoms with Crippen molar-refractivity contribution in [2.45, 2.75) is 25.9 Å². The van der Waals surface area contributed by atoms with Crippen LogP contribution in [-0.4, -0.2) is 24.0 Å². The lowest BCUT2D eigenvalue weighted by molar-refractivity contribution is -0.274. The first-order chi connectivity index (χ1) is 16.7. The van der Waals surface area contributed by atoms with E-state index in [1.165, 1.54) is 12.1 Å². The summed E-state index contributed by atoms with van der Waals surface area (Å²) in [7, 11) is 0. The van der Waals surface area contributed by atoms with Gasteiger partial charge in [0.15, 0.2) is 0 Å². The van der Waals surface area contributed by atoms with Gasteiger partial charge in [-0.2, -0.15) is 0 Å². The zero-order valence-corrected chi connectivity index (χ0v) is 18.8. The van der Waals surface area contributed by atoms with Crippen molar-refractivity contribution in [3.63, 3.8) is 0 Å². The van der Waals surface area contributed by atoms with Gasteiger partial charge in [-0.1, -0.05) is 67.2 Å². The normalized spacial score (nSPS) is 11.2. The van der Waals surface area contributed by atoms with Gasteiger partial charge < -0.3 is 15.2 Å². The van der Waals surface area contributed by atoms with E-state index in [4.69, 9.17) is 9.94 Å². The molecular formula is C26H25F3N2O4. The maximum Gasteiger partial charge on any atom is 0.573 e. The van der Waals surface area contributed by atoms with Crippen LogP contribution in [0.5, 0.6) is 5.75 Å². The first kappa shape index (κ1) is 25.8. The molecule has 3 aromatic carbocycles. The van der Waals surface area contributed by atoms with E-state index in [-0.39, 0.29) is 18.8 Å². The fourth-order valence-electron chi connectivity index (χ4n) is 3.16. The molecule has 3 rings (SSSR count). The minimum absolute atomic E-state index is 0.0762. The molecule has 3 aromatic rings. The minimum atomic E-state index is -4.71. The van der Waals surface area contributed by atoms with Gasteiger partial charge in [0, 0.05) is 13.1 Å². The largest absolute Gasteiger partial charge is 0.573 e. The van der Waals surface area contributed by atoms with E-state index in [9.17, 15) is 18.0 Å². The number of benzene rings is 3. The Morgan fingerprint density at radius 3 is 2.03 bits per heavy atom. The first-order valence-corrected chi connectivity index (χ1v) is 10.7. The van der Waals surface area contributed by atoms with Gasteiger partial charge in [-0.3, -0.25) is 15.1 Å². The number of carboxylic acids is 1. The molecule has 0 fully saturated rings. The third-order valence-corrected chi connectivity index (χ3v) is 4.96. The average Bonchev–Trinajstić information content (AvgIpc) is 2.82. The van der Waals surface area contributed by atoms with Gasteiger partial charge in [-0.15, -0.1) is 13.2 Å². The third-order valence-electron chi connectivity index (χ3n) is 4.96. The van der Waals surface area contributed by atoms with Crippen molar-refractivity contribution in [1.29, 1.82) is 0 Å². The van der Waals surface area contributed by atoms with Crippen molar-refractivity contribution < 1.29 is 32.6 Å². The van der Waals surface area contributed by atoms with Crippen molar-refractivity contribution in [2.75, 3.05) is 6.54 Å². The Hall–Kier alpha value is -3.82. The van der Waals surface area contributed by atoms with Crippen LogP contribution in [-0.2, 0) is 22.8 Å². The number of ether oxygens (including phenoxy) is 1. The standard InChI is InChI=1S/C26H25F3N2O4/c1-18(21-6-2-19(3-7-21)16-30-15-14-25(32)33)31-34-17-20-4-8-22(9-5-20)23-10-12-24(13-11-23)35-26(27,28)29/h2-13,30-31H,1,14-17H2,(H,32,33). The Balaban J connectivity index is 1.44. The molecule has 0 spiro atoms. The van der Waals surface area contributed by atoms with Crippen LogP contribution in [0.4, 0.5) is 13.2 Å². The molecule has 0 radical (unpaired) electrons. The second kappa shape index (κ2) is 12.0. The maximum atomic E-state index is 12.3. The van der Waals surface area contributed by atoms with Crippen LogP contribution in [0.1, 0.15) is 23.1 Å². The Bertz CT molecular complexity index is 1110. The molecule has 9 heteroatoms. The number of aliphatic carboxylic acids is 1. The molecule has 0 amide bonds. The molecular weight excluding hydrogens is 461 g/mol.